The number of benzene rings is 1. The number of amides is 1. The third kappa shape index (κ3) is 6.55. The average molecular weight is 431 g/mol. The highest BCUT2D eigenvalue weighted by molar-refractivity contribution is 7.09. The fraction of sp³-hybridized carbons (Fsp3) is 0.522. The first-order valence-corrected chi connectivity index (χ1v) is 11.4. The van der Waals surface area contributed by atoms with Crippen LogP contribution in [0.25, 0.3) is 0 Å². The molecule has 1 N–H and O–H groups in total. The summed E-state index contributed by atoms with van der Waals surface area (Å²) in [6, 6.07) is 7.98. The molecule has 0 saturated heterocycles. The zero-order chi connectivity index (χ0) is 21.5. The molecule has 3 atom stereocenters. The minimum atomic E-state index is -0.452. The second-order valence-corrected chi connectivity index (χ2v) is 9.06. The van der Waals surface area contributed by atoms with Gasteiger partial charge in [-0.1, -0.05) is 44.4 Å². The quantitative estimate of drug-likeness (QED) is 0.639. The van der Waals surface area contributed by atoms with Gasteiger partial charge in [-0.05, 0) is 37.3 Å². The van der Waals surface area contributed by atoms with Crippen LogP contribution in [-0.2, 0) is 27.4 Å². The van der Waals surface area contributed by atoms with E-state index in [0.29, 0.717) is 24.1 Å². The molecule has 0 radical (unpaired) electrons. The van der Waals surface area contributed by atoms with Gasteiger partial charge in [0.15, 0.2) is 6.61 Å². The van der Waals surface area contributed by atoms with E-state index in [1.807, 2.05) is 36.6 Å². The van der Waals surface area contributed by atoms with Crippen LogP contribution in [0.5, 0.6) is 5.75 Å². The summed E-state index contributed by atoms with van der Waals surface area (Å²) >= 11 is 1.44. The van der Waals surface area contributed by atoms with Crippen LogP contribution in [0.1, 0.15) is 49.4 Å². The summed E-state index contributed by atoms with van der Waals surface area (Å²) in [5, 5.41) is 5.62. The number of carbonyl (C=O) groups is 2. The number of aromatic nitrogens is 1. The zero-order valence-electron chi connectivity index (χ0n) is 17.8. The highest BCUT2D eigenvalue weighted by atomic mass is 32.1. The van der Waals surface area contributed by atoms with Crippen molar-refractivity contribution in [3.05, 3.63) is 45.9 Å². The van der Waals surface area contributed by atoms with Gasteiger partial charge in [0.2, 0.25) is 0 Å². The number of carbonyl (C=O) groups excluding carboxylic acids is 2. The first kappa shape index (κ1) is 22.3. The predicted molar refractivity (Wildman–Crippen MR) is 116 cm³/mol. The molecule has 162 valence electrons. The molecule has 0 aliphatic heterocycles. The Bertz CT molecular complexity index is 849. The van der Waals surface area contributed by atoms with Crippen LogP contribution in [-0.4, -0.2) is 29.5 Å². The second-order valence-electron chi connectivity index (χ2n) is 8.11. The van der Waals surface area contributed by atoms with Crippen LogP contribution >= 0.6 is 11.3 Å². The number of rotatable bonds is 8. The van der Waals surface area contributed by atoms with E-state index in [-0.39, 0.29) is 25.0 Å². The third-order valence-electron chi connectivity index (χ3n) is 5.73. The van der Waals surface area contributed by atoms with Gasteiger partial charge in [0.1, 0.15) is 17.4 Å². The van der Waals surface area contributed by atoms with E-state index >= 15 is 0 Å². The number of ether oxygens (including phenoxy) is 2. The van der Waals surface area contributed by atoms with Gasteiger partial charge in [0.25, 0.3) is 5.91 Å². The molecule has 1 aliphatic carbocycles. The maximum Gasteiger partial charge on any atom is 0.312 e. The van der Waals surface area contributed by atoms with Gasteiger partial charge in [0.05, 0.1) is 12.1 Å². The molecule has 0 spiro atoms. The first-order valence-electron chi connectivity index (χ1n) is 10.5. The van der Waals surface area contributed by atoms with Crippen molar-refractivity contribution in [1.29, 1.82) is 0 Å². The number of esters is 1. The van der Waals surface area contributed by atoms with Gasteiger partial charge >= 0.3 is 5.97 Å². The lowest BCUT2D eigenvalue weighted by atomic mass is 9.78. The smallest absolute Gasteiger partial charge is 0.312 e. The van der Waals surface area contributed by atoms with E-state index in [9.17, 15) is 9.59 Å². The fourth-order valence-electron chi connectivity index (χ4n) is 3.66. The molecule has 1 amide bonds. The van der Waals surface area contributed by atoms with E-state index < -0.39 is 5.97 Å². The molecule has 1 aromatic heterocycles. The SMILES string of the molecule is Cc1ccc(OCc2nc(CC(=O)OCC(=O)NC3CCCC(C)C3C)cs2)cc1. The molecule has 1 heterocycles. The lowest BCUT2D eigenvalue weighted by Crippen LogP contribution is -2.45. The van der Waals surface area contributed by atoms with Gasteiger partial charge in [-0.25, -0.2) is 4.98 Å². The molecule has 30 heavy (non-hydrogen) atoms. The summed E-state index contributed by atoms with van der Waals surface area (Å²) in [6.45, 7) is 6.52. The van der Waals surface area contributed by atoms with Crippen molar-refractivity contribution < 1.29 is 19.1 Å². The first-order chi connectivity index (χ1) is 14.4. The highest BCUT2D eigenvalue weighted by Gasteiger charge is 2.28. The largest absolute Gasteiger partial charge is 0.486 e. The van der Waals surface area contributed by atoms with Gasteiger partial charge in [-0.3, -0.25) is 9.59 Å². The number of hydrogen-bond donors (Lipinski definition) is 1. The number of aryl methyl sites for hydroxylation is 1. The summed E-state index contributed by atoms with van der Waals surface area (Å²) in [5.74, 6) is 1.13. The minimum absolute atomic E-state index is 0.0468. The molecular formula is C23H30N2O4S. The fourth-order valence-corrected chi connectivity index (χ4v) is 4.36. The average Bonchev–Trinajstić information content (AvgIpc) is 3.17. The molecule has 1 saturated carbocycles. The standard InChI is InChI=1S/C23H30N2O4S/c1-15-7-9-19(10-8-15)28-13-22-24-18(14-30-22)11-23(27)29-12-21(26)25-20-6-4-5-16(2)17(20)3/h7-10,14,16-17,20H,4-6,11-13H2,1-3H3,(H,25,26). The topological polar surface area (TPSA) is 77.5 Å². The molecule has 1 fully saturated rings. The molecule has 1 aliphatic rings. The molecule has 2 aromatic rings. The van der Waals surface area contributed by atoms with Crippen molar-refractivity contribution in [1.82, 2.24) is 10.3 Å². The number of nitrogens with zero attached hydrogens (tertiary/aromatic N) is 1. The minimum Gasteiger partial charge on any atom is -0.486 e. The van der Waals surface area contributed by atoms with E-state index in [2.05, 4.69) is 24.1 Å². The van der Waals surface area contributed by atoms with Crippen molar-refractivity contribution in [2.75, 3.05) is 6.61 Å². The van der Waals surface area contributed by atoms with E-state index in [1.165, 1.54) is 23.3 Å². The Morgan fingerprint density at radius 3 is 2.73 bits per heavy atom. The molecule has 0 bridgehead atoms. The summed E-state index contributed by atoms with van der Waals surface area (Å²) in [6.07, 6.45) is 3.35. The van der Waals surface area contributed by atoms with Crippen LogP contribution in [0.3, 0.4) is 0 Å². The summed E-state index contributed by atoms with van der Waals surface area (Å²) in [7, 11) is 0. The molecule has 3 unspecified atom stereocenters. The molecule has 7 heteroatoms. The van der Waals surface area contributed by atoms with E-state index in [4.69, 9.17) is 9.47 Å². The van der Waals surface area contributed by atoms with Crippen molar-refractivity contribution in [2.24, 2.45) is 11.8 Å². The lowest BCUT2D eigenvalue weighted by molar-refractivity contribution is -0.148. The van der Waals surface area contributed by atoms with Crippen LogP contribution in [0, 0.1) is 18.8 Å². The maximum atomic E-state index is 12.1. The molecule has 1 aromatic carbocycles. The normalized spacial score (nSPS) is 21.1. The number of nitrogens with one attached hydrogen (secondary N) is 1. The van der Waals surface area contributed by atoms with Crippen molar-refractivity contribution >= 4 is 23.2 Å². The third-order valence-corrected chi connectivity index (χ3v) is 6.60. The van der Waals surface area contributed by atoms with E-state index in [0.717, 1.165) is 23.6 Å². The summed E-state index contributed by atoms with van der Waals surface area (Å²) in [4.78, 5) is 28.6. The highest BCUT2D eigenvalue weighted by Crippen LogP contribution is 2.29. The number of thiazole rings is 1. The van der Waals surface area contributed by atoms with Gasteiger partial charge in [0, 0.05) is 11.4 Å². The Labute approximate surface area is 182 Å². The molecule has 6 nitrogen and oxygen atoms in total. The van der Waals surface area contributed by atoms with Gasteiger partial charge in [-0.15, -0.1) is 11.3 Å². The summed E-state index contributed by atoms with van der Waals surface area (Å²) in [5.41, 5.74) is 1.80. The predicted octanol–water partition coefficient (Wildman–Crippen LogP) is 4.06. The number of hydrogen-bond acceptors (Lipinski definition) is 6. The zero-order valence-corrected chi connectivity index (χ0v) is 18.7. The second kappa shape index (κ2) is 10.6. The molecular weight excluding hydrogens is 400 g/mol. The Morgan fingerprint density at radius 2 is 1.97 bits per heavy atom. The van der Waals surface area contributed by atoms with Crippen LogP contribution in [0.15, 0.2) is 29.6 Å². The Morgan fingerprint density at radius 1 is 1.20 bits per heavy atom. The van der Waals surface area contributed by atoms with Crippen LogP contribution in [0.2, 0.25) is 0 Å². The van der Waals surface area contributed by atoms with E-state index in [1.54, 1.807) is 0 Å². The monoisotopic (exact) mass is 430 g/mol. The van der Waals surface area contributed by atoms with Crippen molar-refractivity contribution in [3.8, 4) is 5.75 Å². The summed E-state index contributed by atoms with van der Waals surface area (Å²) < 4.78 is 10.9. The maximum absolute atomic E-state index is 12.1. The lowest BCUT2D eigenvalue weighted by Gasteiger charge is -2.34. The Balaban J connectivity index is 1.38. The van der Waals surface area contributed by atoms with Crippen molar-refractivity contribution in [3.63, 3.8) is 0 Å². The Kier molecular flexibility index (Phi) is 7.85. The molecule has 3 rings (SSSR count). The van der Waals surface area contributed by atoms with Gasteiger partial charge < -0.3 is 14.8 Å². The van der Waals surface area contributed by atoms with Crippen LogP contribution in [0.4, 0.5) is 0 Å². The van der Waals surface area contributed by atoms with Crippen LogP contribution < -0.4 is 10.1 Å². The Hall–Kier alpha value is -2.41. The van der Waals surface area contributed by atoms with Gasteiger partial charge in [-0.2, -0.15) is 0 Å². The van der Waals surface area contributed by atoms with Crippen molar-refractivity contribution in [2.45, 2.75) is 59.1 Å².